The highest BCUT2D eigenvalue weighted by Crippen LogP contribution is 2.42. The minimum Gasteiger partial charge on any atom is -0.453 e. The Labute approximate surface area is 254 Å². The van der Waals surface area contributed by atoms with Crippen molar-refractivity contribution in [3.05, 3.63) is 108 Å². The first kappa shape index (κ1) is 32.1. The molecule has 0 bridgehead atoms. The second-order valence-corrected chi connectivity index (χ2v) is 11.1. The molecule has 4 rings (SSSR count). The van der Waals surface area contributed by atoms with E-state index in [0.29, 0.717) is 6.54 Å². The third-order valence-electron chi connectivity index (χ3n) is 7.65. The van der Waals surface area contributed by atoms with Gasteiger partial charge in [0.15, 0.2) is 12.4 Å². The summed E-state index contributed by atoms with van der Waals surface area (Å²) in [4.78, 5) is 25.7. The van der Waals surface area contributed by atoms with Gasteiger partial charge in [-0.1, -0.05) is 73.7 Å². The fourth-order valence-corrected chi connectivity index (χ4v) is 5.29. The molecule has 1 heterocycles. The van der Waals surface area contributed by atoms with E-state index in [1.165, 1.54) is 6.92 Å². The maximum Gasteiger partial charge on any atom is 0.303 e. The molecule has 1 fully saturated rings. The Morgan fingerprint density at radius 2 is 1.72 bits per heavy atom. The summed E-state index contributed by atoms with van der Waals surface area (Å²) in [5, 5.41) is 12.3. The molecule has 3 aromatic carbocycles. The lowest BCUT2D eigenvalue weighted by Crippen LogP contribution is -2.43. The highest BCUT2D eigenvalue weighted by atomic mass is 16.7. The SMILES string of the molecule is C=CCN(C)CC1OC(c2cccc(-c3cccc(CNC(=O)C(C)OC(C)=O)c3)c2)OC(c2ccc(CO)cc2)C1C. The third kappa shape index (κ3) is 8.61. The highest BCUT2D eigenvalue weighted by molar-refractivity contribution is 5.82. The number of esters is 1. The minimum atomic E-state index is -0.854. The molecule has 8 heteroatoms. The fraction of sp³-hybridized carbons (Fsp3) is 0.371. The van der Waals surface area contributed by atoms with Gasteiger partial charge < -0.3 is 29.5 Å². The smallest absolute Gasteiger partial charge is 0.303 e. The summed E-state index contributed by atoms with van der Waals surface area (Å²) in [5.74, 6) is -0.759. The van der Waals surface area contributed by atoms with E-state index in [2.05, 4.69) is 36.8 Å². The molecule has 3 aromatic rings. The lowest BCUT2D eigenvalue weighted by molar-refractivity contribution is -0.275. The van der Waals surface area contributed by atoms with E-state index >= 15 is 0 Å². The van der Waals surface area contributed by atoms with Gasteiger partial charge in [0.2, 0.25) is 0 Å². The number of benzene rings is 3. The summed E-state index contributed by atoms with van der Waals surface area (Å²) < 4.78 is 18.2. The number of hydrogen-bond donors (Lipinski definition) is 2. The van der Waals surface area contributed by atoms with Crippen LogP contribution in [0, 0.1) is 5.92 Å². The molecule has 1 aliphatic rings. The minimum absolute atomic E-state index is 0.00413. The number of nitrogens with one attached hydrogen (secondary N) is 1. The van der Waals surface area contributed by atoms with E-state index in [4.69, 9.17) is 14.2 Å². The summed E-state index contributed by atoms with van der Waals surface area (Å²) in [6.07, 6.45) is 0.170. The second-order valence-electron chi connectivity index (χ2n) is 11.1. The van der Waals surface area contributed by atoms with Crippen molar-refractivity contribution in [1.29, 1.82) is 0 Å². The number of carbonyl (C=O) groups is 2. The van der Waals surface area contributed by atoms with Crippen LogP contribution in [0.15, 0.2) is 85.5 Å². The Kier molecular flexibility index (Phi) is 11.3. The van der Waals surface area contributed by atoms with Gasteiger partial charge in [-0.3, -0.25) is 9.59 Å². The zero-order chi connectivity index (χ0) is 30.9. The molecular weight excluding hydrogens is 544 g/mol. The number of aliphatic hydroxyl groups excluding tert-OH is 1. The van der Waals surface area contributed by atoms with Crippen LogP contribution < -0.4 is 5.32 Å². The number of carbonyl (C=O) groups excluding carboxylic acids is 2. The van der Waals surface area contributed by atoms with Crippen LogP contribution in [0.5, 0.6) is 0 Å². The van der Waals surface area contributed by atoms with Crippen molar-refractivity contribution >= 4 is 11.9 Å². The molecule has 5 unspecified atom stereocenters. The van der Waals surface area contributed by atoms with Crippen molar-refractivity contribution in [3.8, 4) is 11.1 Å². The predicted molar refractivity (Wildman–Crippen MR) is 166 cm³/mol. The summed E-state index contributed by atoms with van der Waals surface area (Å²) in [5.41, 5.74) is 5.71. The lowest BCUT2D eigenvalue weighted by atomic mass is 9.90. The van der Waals surface area contributed by atoms with Crippen LogP contribution in [0.2, 0.25) is 0 Å². The van der Waals surface area contributed by atoms with Gasteiger partial charge in [0.25, 0.3) is 5.91 Å². The number of rotatable bonds is 12. The molecule has 43 heavy (non-hydrogen) atoms. The number of hydrogen-bond acceptors (Lipinski definition) is 7. The van der Waals surface area contributed by atoms with Gasteiger partial charge >= 0.3 is 5.97 Å². The van der Waals surface area contributed by atoms with Crippen molar-refractivity contribution in [2.75, 3.05) is 20.1 Å². The fourth-order valence-electron chi connectivity index (χ4n) is 5.29. The Morgan fingerprint density at radius 1 is 1.02 bits per heavy atom. The normalized spacial score (nSPS) is 20.8. The van der Waals surface area contributed by atoms with Crippen LogP contribution in [0.4, 0.5) is 0 Å². The van der Waals surface area contributed by atoms with E-state index in [1.807, 2.05) is 72.8 Å². The van der Waals surface area contributed by atoms with Gasteiger partial charge in [0.1, 0.15) is 0 Å². The first-order chi connectivity index (χ1) is 20.7. The molecule has 1 amide bonds. The summed E-state index contributed by atoms with van der Waals surface area (Å²) in [6.45, 7) is 10.6. The van der Waals surface area contributed by atoms with Crippen molar-refractivity contribution in [3.63, 3.8) is 0 Å². The van der Waals surface area contributed by atoms with Crippen LogP contribution in [0.3, 0.4) is 0 Å². The first-order valence-corrected chi connectivity index (χ1v) is 14.6. The van der Waals surface area contributed by atoms with Gasteiger partial charge in [-0.05, 0) is 53.9 Å². The van der Waals surface area contributed by atoms with Crippen LogP contribution >= 0.6 is 0 Å². The highest BCUT2D eigenvalue weighted by Gasteiger charge is 2.38. The average Bonchev–Trinajstić information content (AvgIpc) is 3.01. The Bertz CT molecular complexity index is 1390. The van der Waals surface area contributed by atoms with E-state index in [0.717, 1.165) is 46.5 Å². The summed E-state index contributed by atoms with van der Waals surface area (Å²) in [6, 6.07) is 24.0. The van der Waals surface area contributed by atoms with Crippen LogP contribution in [-0.2, 0) is 37.0 Å². The Balaban J connectivity index is 1.55. The number of likely N-dealkylation sites (N-methyl/N-ethyl adjacent to an activating group) is 1. The molecule has 0 aromatic heterocycles. The van der Waals surface area contributed by atoms with Crippen molar-refractivity contribution in [2.24, 2.45) is 5.92 Å². The number of nitrogens with zero attached hydrogens (tertiary/aromatic N) is 1. The Hall–Kier alpha value is -3.82. The van der Waals surface area contributed by atoms with Crippen molar-refractivity contribution in [2.45, 2.75) is 58.5 Å². The molecule has 5 atom stereocenters. The second kappa shape index (κ2) is 15.1. The summed E-state index contributed by atoms with van der Waals surface area (Å²) in [7, 11) is 2.06. The molecule has 0 saturated carbocycles. The Morgan fingerprint density at radius 3 is 2.40 bits per heavy atom. The van der Waals surface area contributed by atoms with E-state index in [9.17, 15) is 14.7 Å². The van der Waals surface area contributed by atoms with Gasteiger partial charge in [-0.2, -0.15) is 0 Å². The number of ether oxygens (including phenoxy) is 3. The van der Waals surface area contributed by atoms with Crippen LogP contribution in [0.25, 0.3) is 11.1 Å². The molecule has 228 valence electrons. The summed E-state index contributed by atoms with van der Waals surface area (Å²) >= 11 is 0. The monoisotopic (exact) mass is 586 g/mol. The van der Waals surface area contributed by atoms with Crippen LogP contribution in [0.1, 0.15) is 55.4 Å². The molecule has 8 nitrogen and oxygen atoms in total. The largest absolute Gasteiger partial charge is 0.453 e. The van der Waals surface area contributed by atoms with Crippen molar-refractivity contribution in [1.82, 2.24) is 10.2 Å². The third-order valence-corrected chi connectivity index (χ3v) is 7.65. The van der Waals surface area contributed by atoms with Gasteiger partial charge in [0, 0.05) is 38.0 Å². The van der Waals surface area contributed by atoms with E-state index in [-0.39, 0.29) is 30.6 Å². The van der Waals surface area contributed by atoms with E-state index < -0.39 is 18.4 Å². The average molecular weight is 587 g/mol. The van der Waals surface area contributed by atoms with Gasteiger partial charge in [-0.25, -0.2) is 0 Å². The molecule has 0 aliphatic carbocycles. The zero-order valence-corrected chi connectivity index (χ0v) is 25.4. The lowest BCUT2D eigenvalue weighted by Gasteiger charge is -2.42. The number of amides is 1. The quantitative estimate of drug-likeness (QED) is 0.219. The maximum absolute atomic E-state index is 12.3. The van der Waals surface area contributed by atoms with Crippen molar-refractivity contribution < 1.29 is 28.9 Å². The molecule has 1 saturated heterocycles. The van der Waals surface area contributed by atoms with Gasteiger partial charge in [-0.15, -0.1) is 6.58 Å². The topological polar surface area (TPSA) is 97.3 Å². The number of aliphatic hydroxyl groups is 1. The van der Waals surface area contributed by atoms with E-state index in [1.54, 1.807) is 6.92 Å². The van der Waals surface area contributed by atoms with Gasteiger partial charge in [0.05, 0.1) is 18.8 Å². The van der Waals surface area contributed by atoms with Crippen LogP contribution in [-0.4, -0.2) is 54.2 Å². The zero-order valence-electron chi connectivity index (χ0n) is 25.4. The standard InChI is InChI=1S/C35H42N2O6/c1-6-17-37(5)21-32-23(2)33(28-15-13-26(22-38)14-16-28)43-35(42-32)31-12-8-11-30(19-31)29-10-7-9-27(18-29)20-36-34(40)24(3)41-25(4)39/h6-16,18-19,23-24,32-33,35,38H,1,17,20-22H2,2-5H3,(H,36,40). The predicted octanol–water partition coefficient (Wildman–Crippen LogP) is 5.32. The molecule has 1 aliphatic heterocycles. The molecule has 0 spiro atoms. The molecule has 2 N–H and O–H groups in total. The molecule has 0 radical (unpaired) electrons. The molecular formula is C35H42N2O6. The maximum atomic E-state index is 12.3. The first-order valence-electron chi connectivity index (χ1n) is 14.6.